The lowest BCUT2D eigenvalue weighted by molar-refractivity contribution is 0.0297. The molecule has 0 bridgehead atoms. The molecule has 0 aliphatic heterocycles. The molecule has 96 valence electrons. The molecule has 1 atom stereocenters. The van der Waals surface area contributed by atoms with Crippen LogP contribution in [0.2, 0.25) is 0 Å². The molecule has 5 nitrogen and oxygen atoms in total. The van der Waals surface area contributed by atoms with Crippen LogP contribution < -0.4 is 0 Å². The summed E-state index contributed by atoms with van der Waals surface area (Å²) in [5.41, 5.74) is 0. The van der Waals surface area contributed by atoms with E-state index in [0.29, 0.717) is 6.42 Å². The Morgan fingerprint density at radius 1 is 1.65 bits per heavy atom. The van der Waals surface area contributed by atoms with Crippen molar-refractivity contribution in [3.63, 3.8) is 0 Å². The fourth-order valence-corrected chi connectivity index (χ4v) is 2.98. The minimum Gasteiger partial charge on any atom is -0.457 e. The first kappa shape index (κ1) is 14.5. The number of furan rings is 1. The maximum Gasteiger partial charge on any atom is 0.374 e. The van der Waals surface area contributed by atoms with Crippen LogP contribution in [0.4, 0.5) is 0 Å². The van der Waals surface area contributed by atoms with Gasteiger partial charge in [-0.3, -0.25) is 0 Å². The Morgan fingerprint density at radius 3 is 2.65 bits per heavy atom. The molecule has 0 amide bonds. The van der Waals surface area contributed by atoms with Gasteiger partial charge in [-0.2, -0.15) is 0 Å². The molecule has 0 radical (unpaired) electrons. The van der Waals surface area contributed by atoms with Crippen LogP contribution in [-0.2, 0) is 13.8 Å². The molecule has 0 N–H and O–H groups in total. The zero-order chi connectivity index (χ0) is 13.2. The Hall–Kier alpha value is -0.530. The first-order valence-electron chi connectivity index (χ1n) is 4.70. The highest BCUT2D eigenvalue weighted by Gasteiger charge is 2.24. The van der Waals surface area contributed by atoms with E-state index in [1.165, 1.54) is 0 Å². The molecule has 0 aliphatic carbocycles. The summed E-state index contributed by atoms with van der Waals surface area (Å²) in [5, 5.41) is 0. The summed E-state index contributed by atoms with van der Waals surface area (Å²) < 4.78 is 32.0. The lowest BCUT2D eigenvalue weighted by Gasteiger charge is -2.08. The van der Waals surface area contributed by atoms with Gasteiger partial charge in [-0.1, -0.05) is 6.92 Å². The summed E-state index contributed by atoms with van der Waals surface area (Å²) in [6.07, 6.45) is 0.372. The molecule has 1 aromatic rings. The van der Waals surface area contributed by atoms with Gasteiger partial charge in [-0.15, -0.1) is 0 Å². The van der Waals surface area contributed by atoms with E-state index in [9.17, 15) is 13.2 Å². The van der Waals surface area contributed by atoms with Crippen LogP contribution in [0, 0.1) is 0 Å². The standard InChI is InChI=1S/C9H10BrClO5S/c1-3-5(2)15-9(12)6-4-7(8(10)16-6)17(11,13)14/h4-5H,3H2,1-2H3. The van der Waals surface area contributed by atoms with E-state index in [4.69, 9.17) is 19.8 Å². The first-order chi connectivity index (χ1) is 7.75. The monoisotopic (exact) mass is 344 g/mol. The van der Waals surface area contributed by atoms with Crippen LogP contribution in [0.5, 0.6) is 0 Å². The average Bonchev–Trinajstić information content (AvgIpc) is 2.59. The Morgan fingerprint density at radius 2 is 2.24 bits per heavy atom. The molecule has 0 aromatic carbocycles. The van der Waals surface area contributed by atoms with Gasteiger partial charge < -0.3 is 9.15 Å². The smallest absolute Gasteiger partial charge is 0.374 e. The number of hydrogen-bond donors (Lipinski definition) is 0. The molecule has 0 saturated carbocycles. The molecular formula is C9H10BrClO5S. The van der Waals surface area contributed by atoms with Crippen molar-refractivity contribution >= 4 is 41.6 Å². The van der Waals surface area contributed by atoms with E-state index in [-0.39, 0.29) is 21.4 Å². The van der Waals surface area contributed by atoms with Gasteiger partial charge in [0, 0.05) is 16.7 Å². The highest BCUT2D eigenvalue weighted by molar-refractivity contribution is 9.10. The molecule has 1 rings (SSSR count). The zero-order valence-electron chi connectivity index (χ0n) is 9.07. The van der Waals surface area contributed by atoms with Crippen molar-refractivity contribution in [2.45, 2.75) is 31.3 Å². The molecule has 0 aliphatic rings. The Labute approximate surface area is 112 Å². The number of carbonyl (C=O) groups excluding carboxylic acids is 1. The van der Waals surface area contributed by atoms with Crippen molar-refractivity contribution < 1.29 is 22.4 Å². The number of hydrogen-bond acceptors (Lipinski definition) is 5. The number of esters is 1. The molecule has 1 unspecified atom stereocenters. The first-order valence-corrected chi connectivity index (χ1v) is 7.81. The van der Waals surface area contributed by atoms with Gasteiger partial charge in [0.1, 0.15) is 4.90 Å². The van der Waals surface area contributed by atoms with Gasteiger partial charge in [0.2, 0.25) is 5.76 Å². The Bertz CT molecular complexity index is 521. The molecule has 1 aromatic heterocycles. The highest BCUT2D eigenvalue weighted by atomic mass is 79.9. The van der Waals surface area contributed by atoms with Crippen LogP contribution in [0.15, 0.2) is 20.0 Å². The second-order valence-corrected chi connectivity index (χ2v) is 6.57. The fraction of sp³-hybridized carbons (Fsp3) is 0.444. The predicted octanol–water partition coefficient (Wildman–Crippen LogP) is 2.92. The van der Waals surface area contributed by atoms with Gasteiger partial charge in [0.05, 0.1) is 6.10 Å². The molecular weight excluding hydrogens is 336 g/mol. The van der Waals surface area contributed by atoms with E-state index >= 15 is 0 Å². The topological polar surface area (TPSA) is 73.6 Å². The lowest BCUT2D eigenvalue weighted by atomic mass is 10.3. The van der Waals surface area contributed by atoms with Crippen LogP contribution in [0.3, 0.4) is 0 Å². The van der Waals surface area contributed by atoms with Gasteiger partial charge in [0.25, 0.3) is 9.05 Å². The minimum absolute atomic E-state index is 0.122. The molecule has 0 fully saturated rings. The van der Waals surface area contributed by atoms with E-state index in [1.807, 2.05) is 6.92 Å². The van der Waals surface area contributed by atoms with Crippen molar-refractivity contribution in [1.29, 1.82) is 0 Å². The zero-order valence-corrected chi connectivity index (χ0v) is 12.2. The van der Waals surface area contributed by atoms with Crippen molar-refractivity contribution in [3.05, 3.63) is 16.5 Å². The van der Waals surface area contributed by atoms with Crippen LogP contribution in [0.1, 0.15) is 30.8 Å². The molecule has 0 spiro atoms. The van der Waals surface area contributed by atoms with E-state index < -0.39 is 15.0 Å². The number of ether oxygens (including phenoxy) is 1. The van der Waals surface area contributed by atoms with Crippen LogP contribution >= 0.6 is 26.6 Å². The Kier molecular flexibility index (Phi) is 4.62. The van der Waals surface area contributed by atoms with Gasteiger partial charge in [-0.25, -0.2) is 13.2 Å². The largest absolute Gasteiger partial charge is 0.457 e. The molecule has 0 saturated heterocycles. The van der Waals surface area contributed by atoms with Crippen molar-refractivity contribution in [2.24, 2.45) is 0 Å². The molecule has 17 heavy (non-hydrogen) atoms. The van der Waals surface area contributed by atoms with E-state index in [2.05, 4.69) is 15.9 Å². The number of rotatable bonds is 4. The van der Waals surface area contributed by atoms with Crippen LogP contribution in [-0.4, -0.2) is 20.5 Å². The molecule has 8 heteroatoms. The summed E-state index contributed by atoms with van der Waals surface area (Å²) in [4.78, 5) is 11.2. The SMILES string of the molecule is CCC(C)OC(=O)c1cc(S(=O)(=O)Cl)c(Br)o1. The summed E-state index contributed by atoms with van der Waals surface area (Å²) in [6, 6.07) is 1.02. The normalized spacial score (nSPS) is 13.4. The second-order valence-electron chi connectivity index (χ2n) is 3.31. The quantitative estimate of drug-likeness (QED) is 0.619. The van der Waals surface area contributed by atoms with Gasteiger partial charge >= 0.3 is 5.97 Å². The number of carbonyl (C=O) groups is 1. The van der Waals surface area contributed by atoms with Crippen molar-refractivity contribution in [1.82, 2.24) is 0 Å². The molecule has 1 heterocycles. The number of halogens is 2. The predicted molar refractivity (Wildman–Crippen MR) is 64.6 cm³/mol. The average molecular weight is 346 g/mol. The third-order valence-electron chi connectivity index (χ3n) is 2.00. The van der Waals surface area contributed by atoms with Gasteiger partial charge in [-0.05, 0) is 29.3 Å². The maximum absolute atomic E-state index is 11.5. The van der Waals surface area contributed by atoms with Crippen molar-refractivity contribution in [3.8, 4) is 0 Å². The van der Waals surface area contributed by atoms with Crippen molar-refractivity contribution in [2.75, 3.05) is 0 Å². The third kappa shape index (κ3) is 3.72. The summed E-state index contributed by atoms with van der Waals surface area (Å²) in [7, 11) is 1.19. The van der Waals surface area contributed by atoms with Crippen LogP contribution in [0.25, 0.3) is 0 Å². The van der Waals surface area contributed by atoms with E-state index in [0.717, 1.165) is 6.07 Å². The Balaban J connectivity index is 2.99. The summed E-state index contributed by atoms with van der Waals surface area (Å²) in [6.45, 7) is 3.57. The fourth-order valence-electron chi connectivity index (χ4n) is 0.943. The second kappa shape index (κ2) is 5.41. The lowest BCUT2D eigenvalue weighted by Crippen LogP contribution is -2.13. The third-order valence-corrected chi connectivity index (χ3v) is 4.18. The minimum atomic E-state index is -3.96. The summed E-state index contributed by atoms with van der Waals surface area (Å²) in [5.74, 6) is -0.942. The summed E-state index contributed by atoms with van der Waals surface area (Å²) >= 11 is 2.87. The van der Waals surface area contributed by atoms with Gasteiger partial charge in [0.15, 0.2) is 4.67 Å². The highest BCUT2D eigenvalue weighted by Crippen LogP contribution is 2.29. The maximum atomic E-state index is 11.5. The van der Waals surface area contributed by atoms with E-state index in [1.54, 1.807) is 6.92 Å².